The highest BCUT2D eigenvalue weighted by molar-refractivity contribution is 5.90. The van der Waals surface area contributed by atoms with E-state index in [0.717, 1.165) is 4.90 Å². The highest BCUT2D eigenvalue weighted by atomic mass is 16.6. The summed E-state index contributed by atoms with van der Waals surface area (Å²) in [5.74, 6) is -1.40. The van der Waals surface area contributed by atoms with Crippen LogP contribution in [0.5, 0.6) is 0 Å². The van der Waals surface area contributed by atoms with Crippen LogP contribution in [0, 0.1) is 26.1 Å². The molecule has 3 aliphatic rings. The minimum atomic E-state index is -1.84. The Bertz CT molecular complexity index is 554. The molecule has 1 aliphatic carbocycles. The molecule has 2 heterocycles. The van der Waals surface area contributed by atoms with E-state index in [4.69, 9.17) is 4.74 Å². The Hall–Kier alpha value is -1.61. The van der Waals surface area contributed by atoms with Gasteiger partial charge in [0.15, 0.2) is 13.1 Å². The van der Waals surface area contributed by atoms with Crippen molar-refractivity contribution in [2.24, 2.45) is 5.92 Å². The van der Waals surface area contributed by atoms with Gasteiger partial charge in [-0.3, -0.25) is 25.0 Å². The lowest BCUT2D eigenvalue weighted by molar-refractivity contribution is -0.947. The normalized spacial score (nSPS) is 47.1. The quantitative estimate of drug-likeness (QED) is 0.511. The van der Waals surface area contributed by atoms with Gasteiger partial charge in [-0.1, -0.05) is 0 Å². The second-order valence-electron chi connectivity index (χ2n) is 6.74. The lowest BCUT2D eigenvalue weighted by Gasteiger charge is -2.54. The van der Waals surface area contributed by atoms with Gasteiger partial charge in [-0.2, -0.15) is 0 Å². The maximum absolute atomic E-state index is 12.6. The number of likely N-dealkylation sites (tertiary alicyclic amines) is 1. The van der Waals surface area contributed by atoms with Crippen molar-refractivity contribution in [2.75, 3.05) is 19.6 Å². The van der Waals surface area contributed by atoms with E-state index < -0.39 is 38.7 Å². The maximum atomic E-state index is 12.6. The van der Waals surface area contributed by atoms with E-state index in [1.807, 2.05) is 6.92 Å². The largest absolute Gasteiger partial charge is 0.367 e. The van der Waals surface area contributed by atoms with Crippen molar-refractivity contribution in [3.05, 3.63) is 20.2 Å². The van der Waals surface area contributed by atoms with Crippen molar-refractivity contribution < 1.29 is 24.3 Å². The molecule has 2 saturated heterocycles. The van der Waals surface area contributed by atoms with Crippen molar-refractivity contribution in [2.45, 2.75) is 50.0 Å². The second kappa shape index (κ2) is 4.69. The Kier molecular flexibility index (Phi) is 3.26. The standard InChI is InChI=1S/C13H19N3O6/c1-3-14-6-12(15(18)19)9-4-8(2)22-11(5-10(12)17)13(9,7-14)16(20)21/h8-9,11H,3-7H2,1-2H3/p+1. The highest BCUT2D eigenvalue weighted by Gasteiger charge is 2.82. The fraction of sp³-hybridized carbons (Fsp3) is 0.923. The number of piperidine rings is 1. The third-order valence-corrected chi connectivity index (χ3v) is 5.77. The van der Waals surface area contributed by atoms with Crippen molar-refractivity contribution in [3.8, 4) is 0 Å². The molecule has 0 aromatic rings. The van der Waals surface area contributed by atoms with E-state index in [9.17, 15) is 25.0 Å². The third-order valence-electron chi connectivity index (χ3n) is 5.77. The fourth-order valence-corrected chi connectivity index (χ4v) is 4.74. The predicted molar refractivity (Wildman–Crippen MR) is 72.8 cm³/mol. The van der Waals surface area contributed by atoms with E-state index in [2.05, 4.69) is 0 Å². The predicted octanol–water partition coefficient (Wildman–Crippen LogP) is -1.30. The summed E-state index contributed by atoms with van der Waals surface area (Å²) in [5, 5.41) is 23.8. The summed E-state index contributed by atoms with van der Waals surface area (Å²) in [4.78, 5) is 36.1. The molecule has 6 atom stereocenters. The molecule has 0 aromatic heterocycles. The van der Waals surface area contributed by atoms with Crippen LogP contribution < -0.4 is 4.90 Å². The second-order valence-corrected chi connectivity index (χ2v) is 6.74. The molecule has 122 valence electrons. The minimum Gasteiger partial charge on any atom is -0.367 e. The van der Waals surface area contributed by atoms with Crippen molar-refractivity contribution in [3.63, 3.8) is 0 Å². The van der Waals surface area contributed by atoms with Crippen LogP contribution in [-0.2, 0) is 9.53 Å². The van der Waals surface area contributed by atoms with Gasteiger partial charge in [-0.25, -0.2) is 0 Å². The zero-order chi connectivity index (χ0) is 16.3. The number of hydrogen-bond donors (Lipinski definition) is 1. The van der Waals surface area contributed by atoms with E-state index >= 15 is 0 Å². The van der Waals surface area contributed by atoms with Gasteiger partial charge in [-0.15, -0.1) is 0 Å². The van der Waals surface area contributed by atoms with Crippen LogP contribution >= 0.6 is 0 Å². The number of carbonyl (C=O) groups is 1. The Labute approximate surface area is 126 Å². The Morgan fingerprint density at radius 1 is 1.32 bits per heavy atom. The van der Waals surface area contributed by atoms with Gasteiger partial charge in [0.2, 0.25) is 5.78 Å². The first-order valence-electron chi connectivity index (χ1n) is 7.60. The molecule has 0 aromatic carbocycles. The van der Waals surface area contributed by atoms with Gasteiger partial charge in [0, 0.05) is 16.3 Å². The van der Waals surface area contributed by atoms with Crippen LogP contribution in [0.1, 0.15) is 26.7 Å². The number of carbonyl (C=O) groups excluding carboxylic acids is 1. The van der Waals surface area contributed by atoms with Crippen LogP contribution in [0.2, 0.25) is 0 Å². The van der Waals surface area contributed by atoms with Gasteiger partial charge >= 0.3 is 11.1 Å². The van der Waals surface area contributed by atoms with E-state index in [1.165, 1.54) is 0 Å². The Morgan fingerprint density at radius 3 is 2.55 bits per heavy atom. The number of rotatable bonds is 3. The van der Waals surface area contributed by atoms with Crippen molar-refractivity contribution in [1.29, 1.82) is 0 Å². The molecule has 1 saturated carbocycles. The fourth-order valence-electron chi connectivity index (χ4n) is 4.74. The van der Waals surface area contributed by atoms with Gasteiger partial charge in [0.05, 0.1) is 12.6 Å². The summed E-state index contributed by atoms with van der Waals surface area (Å²) in [6.07, 6.45) is -1.22. The van der Waals surface area contributed by atoms with Crippen LogP contribution in [-0.4, -0.2) is 58.5 Å². The van der Waals surface area contributed by atoms with Crippen molar-refractivity contribution in [1.82, 2.24) is 0 Å². The molecule has 9 heteroatoms. The molecule has 6 unspecified atom stereocenters. The molecule has 0 spiro atoms. The number of nitrogens with zero attached hydrogens (tertiary/aromatic N) is 2. The first-order chi connectivity index (χ1) is 10.3. The van der Waals surface area contributed by atoms with Crippen molar-refractivity contribution >= 4 is 5.78 Å². The van der Waals surface area contributed by atoms with Crippen LogP contribution in [0.4, 0.5) is 0 Å². The number of nitrogens with one attached hydrogen (secondary N) is 1. The molecular weight excluding hydrogens is 294 g/mol. The van der Waals surface area contributed by atoms with Gasteiger partial charge in [0.1, 0.15) is 12.0 Å². The van der Waals surface area contributed by atoms with E-state index in [0.29, 0.717) is 6.54 Å². The maximum Gasteiger partial charge on any atom is 0.336 e. The summed E-state index contributed by atoms with van der Waals surface area (Å²) in [6, 6.07) is 0. The molecule has 0 amide bonds. The molecule has 1 N–H and O–H groups in total. The number of ether oxygens (including phenoxy) is 1. The lowest BCUT2D eigenvalue weighted by atomic mass is 9.55. The first-order valence-corrected chi connectivity index (χ1v) is 7.60. The molecule has 9 nitrogen and oxygen atoms in total. The van der Waals surface area contributed by atoms with Crippen LogP contribution in [0.3, 0.4) is 0 Å². The Morgan fingerprint density at radius 2 is 2.00 bits per heavy atom. The first kappa shape index (κ1) is 15.3. The topological polar surface area (TPSA) is 117 Å². The number of quaternary nitrogens is 1. The smallest absolute Gasteiger partial charge is 0.336 e. The summed E-state index contributed by atoms with van der Waals surface area (Å²) >= 11 is 0. The van der Waals surface area contributed by atoms with E-state index in [-0.39, 0.29) is 32.0 Å². The summed E-state index contributed by atoms with van der Waals surface area (Å²) in [5.41, 5.74) is -3.37. The summed E-state index contributed by atoms with van der Waals surface area (Å²) in [6.45, 7) is 4.31. The number of nitro groups is 2. The molecule has 2 aliphatic heterocycles. The molecular formula is C13H20N3O6+. The van der Waals surface area contributed by atoms with Crippen LogP contribution in [0.15, 0.2) is 0 Å². The van der Waals surface area contributed by atoms with Gasteiger partial charge < -0.3 is 9.64 Å². The van der Waals surface area contributed by atoms with Gasteiger partial charge in [0.25, 0.3) is 0 Å². The average molecular weight is 314 g/mol. The summed E-state index contributed by atoms with van der Waals surface area (Å²) in [7, 11) is 0. The molecule has 4 bridgehead atoms. The average Bonchev–Trinajstić information content (AvgIpc) is 2.43. The number of ketones is 1. The molecule has 3 fully saturated rings. The molecule has 3 rings (SSSR count). The monoisotopic (exact) mass is 314 g/mol. The lowest BCUT2D eigenvalue weighted by Crippen LogP contribution is -3.20. The highest BCUT2D eigenvalue weighted by Crippen LogP contribution is 2.50. The molecule has 0 radical (unpaired) electrons. The zero-order valence-electron chi connectivity index (χ0n) is 12.6. The van der Waals surface area contributed by atoms with Gasteiger partial charge in [-0.05, 0) is 20.3 Å². The number of Topliss-reactive ketones (excluding diaryl/α,β-unsaturated/α-hetero) is 1. The zero-order valence-corrected chi connectivity index (χ0v) is 12.6. The minimum absolute atomic E-state index is 0.0367. The third kappa shape index (κ3) is 1.63. The van der Waals surface area contributed by atoms with Crippen LogP contribution in [0.25, 0.3) is 0 Å². The Balaban J connectivity index is 2.22. The number of likely N-dealkylation sites (N-methyl/N-ethyl adjacent to an activating group) is 1. The molecule has 22 heavy (non-hydrogen) atoms. The van der Waals surface area contributed by atoms with E-state index in [1.54, 1.807) is 6.92 Å². The number of hydrogen-bond acceptors (Lipinski definition) is 6. The SMILES string of the molecule is CC[NH+]1CC2([N+](=O)[O-])C(=O)CC3OC(C)CC2C3([N+](=O)[O-])C1. The summed E-state index contributed by atoms with van der Waals surface area (Å²) < 4.78 is 5.70.